The standard InChI is InChI=1S/C25H12N2O10/c28-19(10-1-3-15-17(7-10)24(34)36-22(15)32)26-13-5-12(21(30)31)6-14(9-13)27-20(29)11-2-4-16-18(8-11)25(35)37-23(16)33/h1-9H,(H,26,28)(H,27,29)(H,30,31). The number of carboxylic acid groups (broad SMARTS) is 1. The van der Waals surface area contributed by atoms with Gasteiger partial charge >= 0.3 is 29.8 Å². The van der Waals surface area contributed by atoms with Gasteiger partial charge < -0.3 is 25.2 Å². The Hall–Kier alpha value is -5.65. The minimum Gasteiger partial charge on any atom is -0.478 e. The van der Waals surface area contributed by atoms with Gasteiger partial charge in [-0.1, -0.05) is 0 Å². The number of aromatic carboxylic acids is 1. The van der Waals surface area contributed by atoms with Gasteiger partial charge in [-0.15, -0.1) is 0 Å². The third-order valence-electron chi connectivity index (χ3n) is 5.51. The summed E-state index contributed by atoms with van der Waals surface area (Å²) in [5.74, 6) is -6.23. The Bertz CT molecular complexity index is 1510. The maximum Gasteiger partial charge on any atom is 0.346 e. The van der Waals surface area contributed by atoms with E-state index in [0.29, 0.717) is 0 Å². The predicted octanol–water partition coefficient (Wildman–Crippen LogP) is 2.51. The molecule has 2 amide bonds. The first kappa shape index (κ1) is 23.1. The van der Waals surface area contributed by atoms with E-state index in [1.54, 1.807) is 0 Å². The molecule has 0 bridgehead atoms. The summed E-state index contributed by atoms with van der Waals surface area (Å²) in [6.45, 7) is 0. The van der Waals surface area contributed by atoms with Crippen LogP contribution in [0.4, 0.5) is 11.4 Å². The second kappa shape index (κ2) is 8.53. The third-order valence-corrected chi connectivity index (χ3v) is 5.51. The first-order valence-electron chi connectivity index (χ1n) is 10.4. The fraction of sp³-hybridized carbons (Fsp3) is 0. The number of carbonyl (C=O) groups is 7. The van der Waals surface area contributed by atoms with Crippen molar-refractivity contribution < 1.29 is 48.1 Å². The van der Waals surface area contributed by atoms with Gasteiger partial charge in [0.05, 0.1) is 27.8 Å². The highest BCUT2D eigenvalue weighted by molar-refractivity contribution is 6.17. The number of amides is 2. The lowest BCUT2D eigenvalue weighted by Crippen LogP contribution is -2.16. The van der Waals surface area contributed by atoms with E-state index in [1.165, 1.54) is 42.5 Å². The number of fused-ring (bicyclic) bond motifs is 2. The molecule has 0 unspecified atom stereocenters. The second-order valence-electron chi connectivity index (χ2n) is 7.89. The van der Waals surface area contributed by atoms with Gasteiger partial charge in [-0.3, -0.25) is 9.59 Å². The molecule has 5 rings (SSSR count). The van der Waals surface area contributed by atoms with Crippen LogP contribution in [-0.2, 0) is 9.47 Å². The van der Waals surface area contributed by atoms with E-state index in [4.69, 9.17) is 0 Å². The molecule has 0 saturated carbocycles. The van der Waals surface area contributed by atoms with E-state index in [0.717, 1.165) is 12.1 Å². The van der Waals surface area contributed by atoms with Crippen molar-refractivity contribution in [2.45, 2.75) is 0 Å². The number of benzene rings is 3. The smallest absolute Gasteiger partial charge is 0.346 e. The molecule has 3 aromatic rings. The Balaban J connectivity index is 1.40. The average molecular weight is 500 g/mol. The normalized spacial score (nSPS) is 13.4. The fourth-order valence-corrected chi connectivity index (χ4v) is 3.75. The van der Waals surface area contributed by atoms with E-state index in [2.05, 4.69) is 20.1 Å². The minimum atomic E-state index is -1.34. The summed E-state index contributed by atoms with van der Waals surface area (Å²) in [6.07, 6.45) is 0. The van der Waals surface area contributed by atoms with Crippen LogP contribution in [-0.4, -0.2) is 46.8 Å². The number of carbonyl (C=O) groups excluding carboxylic acids is 6. The van der Waals surface area contributed by atoms with Crippen LogP contribution < -0.4 is 10.6 Å². The largest absolute Gasteiger partial charge is 0.478 e. The fourth-order valence-electron chi connectivity index (χ4n) is 3.75. The van der Waals surface area contributed by atoms with Gasteiger partial charge in [0.1, 0.15) is 0 Å². The summed E-state index contributed by atoms with van der Waals surface area (Å²) >= 11 is 0. The van der Waals surface area contributed by atoms with Crippen LogP contribution >= 0.6 is 0 Å². The second-order valence-corrected chi connectivity index (χ2v) is 7.89. The summed E-state index contributed by atoms with van der Waals surface area (Å²) in [6, 6.07) is 11.0. The van der Waals surface area contributed by atoms with Crippen LogP contribution in [0.1, 0.15) is 72.5 Å². The molecule has 12 heteroatoms. The van der Waals surface area contributed by atoms with E-state index in [-0.39, 0.29) is 50.3 Å². The van der Waals surface area contributed by atoms with Crippen molar-refractivity contribution in [2.24, 2.45) is 0 Å². The quantitative estimate of drug-likeness (QED) is 0.348. The molecular formula is C25H12N2O10. The summed E-state index contributed by atoms with van der Waals surface area (Å²) in [5.41, 5.74) is -0.390. The number of hydrogen-bond acceptors (Lipinski definition) is 9. The van der Waals surface area contributed by atoms with Gasteiger partial charge in [0, 0.05) is 22.5 Å². The SMILES string of the molecule is O=C(O)c1cc(NC(=O)c2ccc3c(c2)C(=O)OC3=O)cc(NC(=O)c2ccc3c(c2)C(=O)OC3=O)c1. The average Bonchev–Trinajstić information content (AvgIpc) is 3.31. The van der Waals surface area contributed by atoms with Crippen molar-refractivity contribution in [3.05, 3.63) is 93.5 Å². The Morgan fingerprint density at radius 1 is 0.541 bits per heavy atom. The lowest BCUT2D eigenvalue weighted by molar-refractivity contribution is 0.0425. The molecule has 182 valence electrons. The van der Waals surface area contributed by atoms with Crippen LogP contribution in [0, 0.1) is 0 Å². The zero-order valence-corrected chi connectivity index (χ0v) is 18.3. The van der Waals surface area contributed by atoms with Gasteiger partial charge in [-0.05, 0) is 54.6 Å². The molecule has 2 heterocycles. The zero-order valence-electron chi connectivity index (χ0n) is 18.3. The molecule has 0 aliphatic carbocycles. The molecule has 0 atom stereocenters. The summed E-state index contributed by atoms with van der Waals surface area (Å²) in [4.78, 5) is 83.8. The lowest BCUT2D eigenvalue weighted by Gasteiger charge is -2.11. The molecule has 0 fully saturated rings. The van der Waals surface area contributed by atoms with E-state index >= 15 is 0 Å². The maximum atomic E-state index is 12.7. The Kier molecular flexibility index (Phi) is 5.33. The topological polar surface area (TPSA) is 182 Å². The minimum absolute atomic E-state index is 0.00230. The van der Waals surface area contributed by atoms with Gasteiger partial charge in [0.25, 0.3) is 11.8 Å². The van der Waals surface area contributed by atoms with E-state index in [1.807, 2.05) is 0 Å². The summed E-state index contributed by atoms with van der Waals surface area (Å²) in [5, 5.41) is 14.4. The van der Waals surface area contributed by atoms with Crippen LogP contribution in [0.3, 0.4) is 0 Å². The highest BCUT2D eigenvalue weighted by Crippen LogP contribution is 2.25. The van der Waals surface area contributed by atoms with E-state index < -0.39 is 41.7 Å². The van der Waals surface area contributed by atoms with Gasteiger partial charge in [0.15, 0.2) is 0 Å². The van der Waals surface area contributed by atoms with Crippen LogP contribution in [0.15, 0.2) is 54.6 Å². The number of anilines is 2. The molecule has 2 aliphatic rings. The first-order valence-corrected chi connectivity index (χ1v) is 10.4. The molecule has 3 aromatic carbocycles. The molecule has 0 saturated heterocycles. The number of ether oxygens (including phenoxy) is 2. The number of esters is 4. The van der Waals surface area contributed by atoms with E-state index in [9.17, 15) is 38.7 Å². The molecule has 37 heavy (non-hydrogen) atoms. The number of carboxylic acids is 1. The van der Waals surface area contributed by atoms with Crippen LogP contribution in [0.25, 0.3) is 0 Å². The monoisotopic (exact) mass is 500 g/mol. The molecule has 0 spiro atoms. The Morgan fingerprint density at radius 2 is 0.946 bits per heavy atom. The van der Waals surface area contributed by atoms with Crippen molar-refractivity contribution in [2.75, 3.05) is 10.6 Å². The highest BCUT2D eigenvalue weighted by atomic mass is 16.6. The Morgan fingerprint density at radius 3 is 1.35 bits per heavy atom. The van der Waals surface area contributed by atoms with Crippen molar-refractivity contribution in [1.82, 2.24) is 0 Å². The lowest BCUT2D eigenvalue weighted by atomic mass is 10.0. The molecule has 0 radical (unpaired) electrons. The molecule has 2 aliphatic heterocycles. The zero-order chi connectivity index (χ0) is 26.4. The number of cyclic esters (lactones) is 4. The molecule has 3 N–H and O–H groups in total. The van der Waals surface area contributed by atoms with Crippen LogP contribution in [0.2, 0.25) is 0 Å². The number of nitrogens with one attached hydrogen (secondary N) is 2. The highest BCUT2D eigenvalue weighted by Gasteiger charge is 2.31. The summed E-state index contributed by atoms with van der Waals surface area (Å²) in [7, 11) is 0. The van der Waals surface area contributed by atoms with Gasteiger partial charge in [-0.2, -0.15) is 0 Å². The molecular weight excluding hydrogens is 488 g/mol. The molecule has 0 aromatic heterocycles. The van der Waals surface area contributed by atoms with Crippen LogP contribution in [0.5, 0.6) is 0 Å². The maximum absolute atomic E-state index is 12.7. The van der Waals surface area contributed by atoms with Gasteiger partial charge in [0.2, 0.25) is 0 Å². The molecule has 12 nitrogen and oxygen atoms in total. The number of hydrogen-bond donors (Lipinski definition) is 3. The Labute approximate surface area is 205 Å². The predicted molar refractivity (Wildman–Crippen MR) is 122 cm³/mol. The number of rotatable bonds is 5. The van der Waals surface area contributed by atoms with Crippen molar-refractivity contribution in [3.8, 4) is 0 Å². The third kappa shape index (κ3) is 4.18. The first-order chi connectivity index (χ1) is 17.6. The summed E-state index contributed by atoms with van der Waals surface area (Å²) < 4.78 is 8.99. The van der Waals surface area contributed by atoms with Crippen molar-refractivity contribution in [1.29, 1.82) is 0 Å². The van der Waals surface area contributed by atoms with Crippen molar-refractivity contribution >= 4 is 53.0 Å². The van der Waals surface area contributed by atoms with Gasteiger partial charge in [-0.25, -0.2) is 24.0 Å². The van der Waals surface area contributed by atoms with Crippen molar-refractivity contribution in [3.63, 3.8) is 0 Å².